The molecule has 120 valence electrons. The summed E-state index contributed by atoms with van der Waals surface area (Å²) in [5.41, 5.74) is 1.88. The molecule has 0 N–H and O–H groups in total. The van der Waals surface area contributed by atoms with Gasteiger partial charge in [0.05, 0.1) is 11.7 Å². The molecule has 1 saturated heterocycles. The number of likely N-dealkylation sites (tertiary alicyclic amines) is 1. The molecule has 3 rings (SSSR count). The number of carbonyl (C=O) groups is 1. The molecule has 1 unspecified atom stereocenters. The first kappa shape index (κ1) is 15.7. The van der Waals surface area contributed by atoms with Crippen LogP contribution in [0, 0.1) is 5.92 Å². The maximum absolute atomic E-state index is 12.5. The summed E-state index contributed by atoms with van der Waals surface area (Å²) in [5.74, 6) is 0.519. The Morgan fingerprint density at radius 1 is 1.17 bits per heavy atom. The third-order valence-electron chi connectivity index (χ3n) is 4.55. The van der Waals surface area contributed by atoms with Gasteiger partial charge in [-0.15, -0.1) is 0 Å². The third-order valence-corrected chi connectivity index (χ3v) is 4.55. The summed E-state index contributed by atoms with van der Waals surface area (Å²) in [6, 6.07) is 14.0. The van der Waals surface area contributed by atoms with Crippen molar-refractivity contribution in [1.29, 1.82) is 0 Å². The van der Waals surface area contributed by atoms with Gasteiger partial charge in [-0.1, -0.05) is 30.3 Å². The van der Waals surface area contributed by atoms with Gasteiger partial charge in [0, 0.05) is 32.6 Å². The zero-order valence-corrected chi connectivity index (χ0v) is 13.4. The van der Waals surface area contributed by atoms with Crippen LogP contribution in [0.5, 0.6) is 0 Å². The molecule has 2 heterocycles. The molecule has 0 spiro atoms. The fraction of sp³-hybridized carbons (Fsp3) is 0.368. The normalized spacial score (nSPS) is 17.0. The van der Waals surface area contributed by atoms with E-state index in [4.69, 9.17) is 4.74 Å². The van der Waals surface area contributed by atoms with Crippen molar-refractivity contribution < 1.29 is 9.53 Å². The Morgan fingerprint density at radius 3 is 2.52 bits per heavy atom. The lowest BCUT2D eigenvalue weighted by atomic mass is 9.87. The van der Waals surface area contributed by atoms with E-state index in [9.17, 15) is 4.79 Å². The van der Waals surface area contributed by atoms with Gasteiger partial charge in [0.1, 0.15) is 0 Å². The van der Waals surface area contributed by atoms with Crippen LogP contribution in [0.15, 0.2) is 54.9 Å². The predicted molar refractivity (Wildman–Crippen MR) is 89.1 cm³/mol. The predicted octanol–water partition coefficient (Wildman–Crippen LogP) is 3.32. The molecule has 1 aliphatic rings. The summed E-state index contributed by atoms with van der Waals surface area (Å²) in [7, 11) is 1.77. The number of piperidine rings is 1. The first-order valence-corrected chi connectivity index (χ1v) is 8.06. The van der Waals surface area contributed by atoms with Crippen LogP contribution in [0.2, 0.25) is 0 Å². The molecule has 2 aromatic rings. The highest BCUT2D eigenvalue weighted by Gasteiger charge is 2.29. The van der Waals surface area contributed by atoms with Gasteiger partial charge >= 0.3 is 0 Å². The Bertz CT molecular complexity index is 622. The van der Waals surface area contributed by atoms with Gasteiger partial charge in [-0.25, -0.2) is 0 Å². The molecule has 23 heavy (non-hydrogen) atoms. The average molecular weight is 310 g/mol. The Hall–Kier alpha value is -2.20. The molecule has 4 heteroatoms. The van der Waals surface area contributed by atoms with Gasteiger partial charge < -0.3 is 9.64 Å². The molecule has 1 aromatic carbocycles. The van der Waals surface area contributed by atoms with Crippen molar-refractivity contribution in [3.8, 4) is 0 Å². The van der Waals surface area contributed by atoms with Crippen LogP contribution < -0.4 is 0 Å². The number of rotatable bonds is 4. The van der Waals surface area contributed by atoms with Gasteiger partial charge in [-0.2, -0.15) is 0 Å². The van der Waals surface area contributed by atoms with E-state index in [-0.39, 0.29) is 12.0 Å². The van der Waals surface area contributed by atoms with Crippen LogP contribution in [-0.2, 0) is 4.74 Å². The maximum Gasteiger partial charge on any atom is 0.255 e. The van der Waals surface area contributed by atoms with Crippen molar-refractivity contribution in [2.24, 2.45) is 5.92 Å². The van der Waals surface area contributed by atoms with Gasteiger partial charge in [-0.05, 0) is 36.5 Å². The van der Waals surface area contributed by atoms with Gasteiger partial charge in [0.2, 0.25) is 0 Å². The summed E-state index contributed by atoms with van der Waals surface area (Å²) < 4.78 is 5.74. The van der Waals surface area contributed by atoms with Crippen LogP contribution in [0.4, 0.5) is 0 Å². The molecular formula is C19H22N2O2. The SMILES string of the molecule is COC(c1ccccc1)C1CCN(C(=O)c2cccnc2)CC1. The van der Waals surface area contributed by atoms with E-state index in [1.165, 1.54) is 5.56 Å². The van der Waals surface area contributed by atoms with Crippen LogP contribution in [-0.4, -0.2) is 36.0 Å². The number of benzene rings is 1. The lowest BCUT2D eigenvalue weighted by Gasteiger charge is -2.35. The van der Waals surface area contributed by atoms with E-state index in [0.717, 1.165) is 25.9 Å². The molecule has 0 bridgehead atoms. The number of methoxy groups -OCH3 is 1. The fourth-order valence-electron chi connectivity index (χ4n) is 3.32. The number of ether oxygens (including phenoxy) is 1. The highest BCUT2D eigenvalue weighted by molar-refractivity contribution is 5.93. The molecular weight excluding hydrogens is 288 g/mol. The minimum atomic E-state index is 0.0743. The number of hydrogen-bond acceptors (Lipinski definition) is 3. The lowest BCUT2D eigenvalue weighted by molar-refractivity contribution is 0.0194. The zero-order valence-electron chi connectivity index (χ0n) is 13.4. The summed E-state index contributed by atoms with van der Waals surface area (Å²) in [4.78, 5) is 18.4. The summed E-state index contributed by atoms with van der Waals surface area (Å²) in [6.07, 6.45) is 5.34. The number of hydrogen-bond donors (Lipinski definition) is 0. The molecule has 1 atom stereocenters. The highest BCUT2D eigenvalue weighted by Crippen LogP contribution is 2.33. The first-order chi connectivity index (χ1) is 11.3. The van der Waals surface area contributed by atoms with Crippen molar-refractivity contribution in [2.45, 2.75) is 18.9 Å². The molecule has 1 fully saturated rings. The van der Waals surface area contributed by atoms with E-state index in [0.29, 0.717) is 11.5 Å². The second kappa shape index (κ2) is 7.38. The smallest absolute Gasteiger partial charge is 0.255 e. The first-order valence-electron chi connectivity index (χ1n) is 8.06. The standard InChI is InChI=1S/C19H22N2O2/c1-23-18(15-6-3-2-4-7-15)16-9-12-21(13-10-16)19(22)17-8-5-11-20-14-17/h2-8,11,14,16,18H,9-10,12-13H2,1H3. The van der Waals surface area contributed by atoms with E-state index in [2.05, 4.69) is 17.1 Å². The molecule has 0 radical (unpaired) electrons. The minimum absolute atomic E-state index is 0.0743. The van der Waals surface area contributed by atoms with Gasteiger partial charge in [0.15, 0.2) is 0 Å². The van der Waals surface area contributed by atoms with Crippen molar-refractivity contribution in [3.05, 3.63) is 66.0 Å². The minimum Gasteiger partial charge on any atom is -0.376 e. The average Bonchev–Trinajstić information content (AvgIpc) is 2.64. The van der Waals surface area contributed by atoms with Crippen LogP contribution in [0.1, 0.15) is 34.9 Å². The maximum atomic E-state index is 12.5. The van der Waals surface area contributed by atoms with Crippen molar-refractivity contribution in [2.75, 3.05) is 20.2 Å². The van der Waals surface area contributed by atoms with Crippen LogP contribution >= 0.6 is 0 Å². The quantitative estimate of drug-likeness (QED) is 0.870. The molecule has 0 saturated carbocycles. The summed E-state index contributed by atoms with van der Waals surface area (Å²) in [5, 5.41) is 0. The molecule has 0 aliphatic carbocycles. The topological polar surface area (TPSA) is 42.4 Å². The number of pyridine rings is 1. The van der Waals surface area contributed by atoms with E-state index in [1.54, 1.807) is 25.6 Å². The van der Waals surface area contributed by atoms with E-state index >= 15 is 0 Å². The lowest BCUT2D eigenvalue weighted by Crippen LogP contribution is -2.40. The molecule has 1 amide bonds. The number of amides is 1. The largest absolute Gasteiger partial charge is 0.376 e. The number of nitrogens with zero attached hydrogens (tertiary/aromatic N) is 2. The van der Waals surface area contributed by atoms with Crippen LogP contribution in [0.3, 0.4) is 0 Å². The van der Waals surface area contributed by atoms with Gasteiger partial charge in [-0.3, -0.25) is 9.78 Å². The monoisotopic (exact) mass is 310 g/mol. The fourth-order valence-corrected chi connectivity index (χ4v) is 3.32. The Labute approximate surface area is 137 Å². The zero-order chi connectivity index (χ0) is 16.1. The summed E-state index contributed by atoms with van der Waals surface area (Å²) in [6.45, 7) is 1.54. The molecule has 4 nitrogen and oxygen atoms in total. The van der Waals surface area contributed by atoms with Crippen molar-refractivity contribution >= 4 is 5.91 Å². The molecule has 1 aromatic heterocycles. The van der Waals surface area contributed by atoms with Gasteiger partial charge in [0.25, 0.3) is 5.91 Å². The second-order valence-corrected chi connectivity index (χ2v) is 5.94. The Morgan fingerprint density at radius 2 is 1.91 bits per heavy atom. The van der Waals surface area contributed by atoms with Crippen LogP contribution in [0.25, 0.3) is 0 Å². The summed E-state index contributed by atoms with van der Waals surface area (Å²) >= 11 is 0. The Balaban J connectivity index is 1.63. The number of carbonyl (C=O) groups excluding carboxylic acids is 1. The number of aromatic nitrogens is 1. The van der Waals surface area contributed by atoms with E-state index < -0.39 is 0 Å². The van der Waals surface area contributed by atoms with E-state index in [1.807, 2.05) is 29.2 Å². The third kappa shape index (κ3) is 3.59. The van der Waals surface area contributed by atoms with Crippen molar-refractivity contribution in [1.82, 2.24) is 9.88 Å². The van der Waals surface area contributed by atoms with Crippen molar-refractivity contribution in [3.63, 3.8) is 0 Å². The second-order valence-electron chi connectivity index (χ2n) is 5.94. The molecule has 1 aliphatic heterocycles. The highest BCUT2D eigenvalue weighted by atomic mass is 16.5. The Kier molecular flexibility index (Phi) is 5.03.